The van der Waals surface area contributed by atoms with Gasteiger partial charge in [0.15, 0.2) is 19.0 Å². The molecule has 8 heteroatoms. The lowest BCUT2D eigenvalue weighted by Crippen LogP contribution is -2.23. The van der Waals surface area contributed by atoms with Gasteiger partial charge >= 0.3 is 5.97 Å². The molecule has 0 fully saturated rings. The van der Waals surface area contributed by atoms with Crippen molar-refractivity contribution in [2.24, 2.45) is 0 Å². The Balaban J connectivity index is 1.73. The summed E-state index contributed by atoms with van der Waals surface area (Å²) in [5.74, 6) is -1.03. The van der Waals surface area contributed by atoms with Crippen LogP contribution in [0.2, 0.25) is 0 Å². The Bertz CT molecular complexity index is 875. The average Bonchev–Trinajstić information content (AvgIpc) is 2.76. The number of ether oxygens (including phenoxy) is 2. The van der Waals surface area contributed by atoms with E-state index in [-0.39, 0.29) is 18.3 Å². The van der Waals surface area contributed by atoms with E-state index in [9.17, 15) is 19.2 Å². The van der Waals surface area contributed by atoms with E-state index in [0.717, 1.165) is 0 Å². The maximum absolute atomic E-state index is 11.9. The number of amides is 2. The molecule has 0 saturated heterocycles. The number of carbonyl (C=O) groups excluding carboxylic acids is 4. The van der Waals surface area contributed by atoms with Crippen LogP contribution in [0.4, 0.5) is 5.69 Å². The third-order valence-corrected chi connectivity index (χ3v) is 3.88. The highest BCUT2D eigenvalue weighted by atomic mass is 16.6. The molecule has 8 nitrogen and oxygen atoms in total. The van der Waals surface area contributed by atoms with Crippen LogP contribution in [-0.2, 0) is 14.3 Å². The zero-order chi connectivity index (χ0) is 21.2. The molecule has 2 N–H and O–H groups in total. The van der Waals surface area contributed by atoms with Gasteiger partial charge in [0, 0.05) is 30.3 Å². The summed E-state index contributed by atoms with van der Waals surface area (Å²) in [6.45, 7) is 0.942. The molecule has 0 radical (unpaired) electrons. The zero-order valence-electron chi connectivity index (χ0n) is 16.2. The van der Waals surface area contributed by atoms with Crippen molar-refractivity contribution in [3.8, 4) is 5.75 Å². The lowest BCUT2D eigenvalue weighted by molar-refractivity contribution is -0.149. The fourth-order valence-corrected chi connectivity index (χ4v) is 2.32. The Kier molecular flexibility index (Phi) is 7.90. The van der Waals surface area contributed by atoms with E-state index in [1.54, 1.807) is 55.5 Å². The number of hydrogen-bond acceptors (Lipinski definition) is 6. The van der Waals surface area contributed by atoms with Crippen molar-refractivity contribution >= 4 is 29.3 Å². The van der Waals surface area contributed by atoms with Gasteiger partial charge in [0.1, 0.15) is 5.75 Å². The van der Waals surface area contributed by atoms with Gasteiger partial charge in [0.2, 0.25) is 0 Å². The number of Topliss-reactive ketones (excluding diaryl/α,β-unsaturated/α-hetero) is 1. The average molecular weight is 398 g/mol. The standard InChI is InChI=1S/C21H22N2O6/c1-3-18(24)14-6-10-17(11-7-14)28-13-20(26)29-12-19(25)23-16-8-4-15(5-9-16)21(27)22-2/h4-11H,3,12-13H2,1-2H3,(H,22,27)(H,23,25). The van der Waals surface area contributed by atoms with E-state index < -0.39 is 18.5 Å². The van der Waals surface area contributed by atoms with Gasteiger partial charge in [-0.2, -0.15) is 0 Å². The topological polar surface area (TPSA) is 111 Å². The second-order valence-electron chi connectivity index (χ2n) is 5.96. The lowest BCUT2D eigenvalue weighted by atomic mass is 10.1. The molecule has 0 aromatic heterocycles. The Hall–Kier alpha value is -3.68. The number of carbonyl (C=O) groups is 4. The van der Waals surface area contributed by atoms with Crippen LogP contribution < -0.4 is 15.4 Å². The summed E-state index contributed by atoms with van der Waals surface area (Å²) in [5.41, 5.74) is 1.50. The van der Waals surface area contributed by atoms with Crippen molar-refractivity contribution in [2.75, 3.05) is 25.6 Å². The van der Waals surface area contributed by atoms with E-state index in [1.807, 2.05) is 0 Å². The maximum Gasteiger partial charge on any atom is 0.344 e. The number of benzene rings is 2. The lowest BCUT2D eigenvalue weighted by Gasteiger charge is -2.09. The minimum atomic E-state index is -0.705. The fourth-order valence-electron chi connectivity index (χ4n) is 2.32. The summed E-state index contributed by atoms with van der Waals surface area (Å²) in [6, 6.07) is 12.7. The number of anilines is 1. The van der Waals surface area contributed by atoms with Gasteiger partial charge < -0.3 is 20.1 Å². The molecule has 0 saturated carbocycles. The first-order valence-corrected chi connectivity index (χ1v) is 8.96. The molecular formula is C21H22N2O6. The van der Waals surface area contributed by atoms with Crippen LogP contribution in [0.1, 0.15) is 34.1 Å². The molecule has 0 aliphatic heterocycles. The Morgan fingerprint density at radius 3 is 2.07 bits per heavy atom. The number of hydrogen-bond donors (Lipinski definition) is 2. The number of ketones is 1. The van der Waals surface area contributed by atoms with E-state index in [2.05, 4.69) is 10.6 Å². The van der Waals surface area contributed by atoms with Crippen molar-refractivity contribution in [1.29, 1.82) is 0 Å². The second-order valence-corrected chi connectivity index (χ2v) is 5.96. The highest BCUT2D eigenvalue weighted by Gasteiger charge is 2.10. The van der Waals surface area contributed by atoms with Crippen molar-refractivity contribution in [2.45, 2.75) is 13.3 Å². The van der Waals surface area contributed by atoms with E-state index in [1.165, 1.54) is 7.05 Å². The molecule has 152 valence electrons. The molecule has 0 aliphatic carbocycles. The summed E-state index contributed by atoms with van der Waals surface area (Å²) in [4.78, 5) is 46.6. The van der Waals surface area contributed by atoms with Gasteiger partial charge in [0.05, 0.1) is 0 Å². The number of nitrogens with one attached hydrogen (secondary N) is 2. The van der Waals surface area contributed by atoms with Gasteiger partial charge in [-0.15, -0.1) is 0 Å². The smallest absolute Gasteiger partial charge is 0.344 e. The summed E-state index contributed by atoms with van der Waals surface area (Å²) in [7, 11) is 1.53. The van der Waals surface area contributed by atoms with Gasteiger partial charge in [-0.05, 0) is 48.5 Å². The SMILES string of the molecule is CCC(=O)c1ccc(OCC(=O)OCC(=O)Nc2ccc(C(=O)NC)cc2)cc1. The molecule has 2 aromatic rings. The van der Waals surface area contributed by atoms with Crippen molar-refractivity contribution < 1.29 is 28.7 Å². The minimum absolute atomic E-state index is 0.0187. The highest BCUT2D eigenvalue weighted by molar-refractivity contribution is 5.96. The van der Waals surface area contributed by atoms with Crippen LogP contribution in [0.3, 0.4) is 0 Å². The summed E-state index contributed by atoms with van der Waals surface area (Å²) in [6.07, 6.45) is 0.410. The molecule has 0 bridgehead atoms. The molecule has 0 aliphatic rings. The van der Waals surface area contributed by atoms with Crippen LogP contribution in [0.5, 0.6) is 5.75 Å². The number of esters is 1. The Labute approximate surface area is 168 Å². The summed E-state index contributed by atoms with van der Waals surface area (Å²) >= 11 is 0. The van der Waals surface area contributed by atoms with E-state index in [4.69, 9.17) is 9.47 Å². The maximum atomic E-state index is 11.9. The van der Waals surface area contributed by atoms with Gasteiger partial charge in [-0.25, -0.2) is 4.79 Å². The highest BCUT2D eigenvalue weighted by Crippen LogP contribution is 2.13. The largest absolute Gasteiger partial charge is 0.482 e. The third kappa shape index (κ3) is 6.76. The molecule has 0 atom stereocenters. The predicted molar refractivity (Wildman–Crippen MR) is 106 cm³/mol. The zero-order valence-corrected chi connectivity index (χ0v) is 16.2. The van der Waals surface area contributed by atoms with Crippen LogP contribution in [0.25, 0.3) is 0 Å². The molecule has 0 unspecified atom stereocenters. The van der Waals surface area contributed by atoms with Gasteiger partial charge in [-0.1, -0.05) is 6.92 Å². The van der Waals surface area contributed by atoms with Gasteiger partial charge in [0.25, 0.3) is 11.8 Å². The predicted octanol–water partition coefficient (Wildman–Crippen LogP) is 2.20. The van der Waals surface area contributed by atoms with Crippen LogP contribution >= 0.6 is 0 Å². The first-order valence-electron chi connectivity index (χ1n) is 8.96. The Morgan fingerprint density at radius 1 is 0.862 bits per heavy atom. The van der Waals surface area contributed by atoms with E-state index in [0.29, 0.717) is 29.0 Å². The Morgan fingerprint density at radius 2 is 1.48 bits per heavy atom. The molecule has 29 heavy (non-hydrogen) atoms. The molecule has 0 spiro atoms. The first kappa shape index (κ1) is 21.6. The van der Waals surface area contributed by atoms with Crippen molar-refractivity contribution in [3.63, 3.8) is 0 Å². The van der Waals surface area contributed by atoms with Crippen LogP contribution in [0.15, 0.2) is 48.5 Å². The fraction of sp³-hybridized carbons (Fsp3) is 0.238. The first-order chi connectivity index (χ1) is 13.9. The molecule has 2 rings (SSSR count). The van der Waals surface area contributed by atoms with Crippen molar-refractivity contribution in [1.82, 2.24) is 5.32 Å². The molecular weight excluding hydrogens is 376 g/mol. The molecule has 2 aromatic carbocycles. The second kappa shape index (κ2) is 10.6. The van der Waals surface area contributed by atoms with Crippen molar-refractivity contribution in [3.05, 3.63) is 59.7 Å². The van der Waals surface area contributed by atoms with Gasteiger partial charge in [-0.3, -0.25) is 14.4 Å². The summed E-state index contributed by atoms with van der Waals surface area (Å²) < 4.78 is 10.1. The van der Waals surface area contributed by atoms with Crippen LogP contribution in [0, 0.1) is 0 Å². The molecule has 2 amide bonds. The summed E-state index contributed by atoms with van der Waals surface area (Å²) in [5, 5.41) is 5.05. The number of rotatable bonds is 9. The quantitative estimate of drug-likeness (QED) is 0.495. The van der Waals surface area contributed by atoms with E-state index >= 15 is 0 Å². The van der Waals surface area contributed by atoms with Crippen LogP contribution in [-0.4, -0.2) is 43.8 Å². The normalized spacial score (nSPS) is 10.0. The monoisotopic (exact) mass is 398 g/mol. The minimum Gasteiger partial charge on any atom is -0.482 e. The third-order valence-electron chi connectivity index (χ3n) is 3.88. The molecule has 0 heterocycles.